The molecule has 0 aliphatic rings. The van der Waals surface area contributed by atoms with Crippen LogP contribution in [0.2, 0.25) is 0 Å². The number of sulfone groups is 1. The summed E-state index contributed by atoms with van der Waals surface area (Å²) in [6, 6.07) is 9.56. The molecule has 0 fully saturated rings. The highest BCUT2D eigenvalue weighted by Gasteiger charge is 2.19. The number of phenols is 2. The number of benzene rings is 3. The molecule has 3 aromatic carbocycles. The lowest BCUT2D eigenvalue weighted by Gasteiger charge is -2.12. The van der Waals surface area contributed by atoms with Crippen LogP contribution in [0.4, 0.5) is 11.4 Å². The van der Waals surface area contributed by atoms with Gasteiger partial charge < -0.3 is 15.5 Å². The summed E-state index contributed by atoms with van der Waals surface area (Å²) >= 11 is 0. The molecule has 0 radical (unpaired) electrons. The van der Waals surface area contributed by atoms with Crippen molar-refractivity contribution >= 4 is 52.5 Å². The van der Waals surface area contributed by atoms with Gasteiger partial charge in [-0.15, -0.1) is 0 Å². The van der Waals surface area contributed by atoms with Gasteiger partial charge in [-0.25, -0.2) is 12.6 Å². The minimum absolute atomic E-state index is 0.0415. The summed E-state index contributed by atoms with van der Waals surface area (Å²) < 4.78 is 90.3. The van der Waals surface area contributed by atoms with E-state index in [-0.39, 0.29) is 32.8 Å². The number of rotatable bonds is 8. The van der Waals surface area contributed by atoms with Gasteiger partial charge in [0.25, 0.3) is 10.1 Å². The highest BCUT2D eigenvalue weighted by atomic mass is 32.3. The Balaban J connectivity index is 1.91. The lowest BCUT2D eigenvalue weighted by Crippen LogP contribution is -2.15. The van der Waals surface area contributed by atoms with E-state index < -0.39 is 53.4 Å². The fraction of sp³-hybridized carbons (Fsp3) is 0.111. The molecular formula is C18H17NO11S3. The van der Waals surface area contributed by atoms with Gasteiger partial charge in [-0.1, -0.05) is 6.07 Å². The molecule has 0 heterocycles. The summed E-state index contributed by atoms with van der Waals surface area (Å²) in [6.07, 6.45) is 0. The third kappa shape index (κ3) is 6.10. The minimum Gasteiger partial charge on any atom is -0.507 e. The number of nitrogens with one attached hydrogen (secondary N) is 1. The molecule has 0 saturated heterocycles. The van der Waals surface area contributed by atoms with Crippen LogP contribution < -0.4 is 5.32 Å². The Morgan fingerprint density at radius 2 is 1.48 bits per heavy atom. The first-order chi connectivity index (χ1) is 15.2. The van der Waals surface area contributed by atoms with Gasteiger partial charge in [0.15, 0.2) is 9.84 Å². The molecule has 0 aliphatic carbocycles. The first-order valence-corrected chi connectivity index (χ1v) is 13.3. The smallest absolute Gasteiger partial charge is 0.397 e. The maximum Gasteiger partial charge on any atom is 0.397 e. The van der Waals surface area contributed by atoms with Crippen LogP contribution in [0.3, 0.4) is 0 Å². The summed E-state index contributed by atoms with van der Waals surface area (Å²) in [5.41, 5.74) is 0.247. The van der Waals surface area contributed by atoms with Gasteiger partial charge in [0.05, 0.1) is 27.8 Å². The van der Waals surface area contributed by atoms with Crippen LogP contribution in [0.5, 0.6) is 11.5 Å². The SMILES string of the molecule is O=S(=O)(O)OCCS(=O)(=O)c1ccc(O)c(Nc2ccc3cc(S(=O)(=O)O)cc(O)c3c2)c1. The van der Waals surface area contributed by atoms with Crippen molar-refractivity contribution in [2.24, 2.45) is 0 Å². The first kappa shape index (κ1) is 24.7. The fourth-order valence-corrected chi connectivity index (χ4v) is 4.92. The molecule has 0 atom stereocenters. The van der Waals surface area contributed by atoms with Crippen LogP contribution in [0.25, 0.3) is 10.8 Å². The third-order valence-electron chi connectivity index (χ3n) is 4.39. The average molecular weight is 520 g/mol. The Morgan fingerprint density at radius 1 is 0.788 bits per heavy atom. The molecule has 178 valence electrons. The number of anilines is 2. The molecule has 0 spiro atoms. The number of fused-ring (bicyclic) bond motifs is 1. The molecule has 3 aromatic rings. The average Bonchev–Trinajstić information content (AvgIpc) is 2.68. The van der Waals surface area contributed by atoms with Crippen LogP contribution in [0.15, 0.2) is 58.3 Å². The summed E-state index contributed by atoms with van der Waals surface area (Å²) in [7, 11) is -13.4. The first-order valence-electron chi connectivity index (χ1n) is 8.85. The monoisotopic (exact) mass is 519 g/mol. The van der Waals surface area contributed by atoms with E-state index in [2.05, 4.69) is 9.50 Å². The Bertz CT molecular complexity index is 1550. The maximum absolute atomic E-state index is 12.4. The highest BCUT2D eigenvalue weighted by molar-refractivity contribution is 7.91. The Morgan fingerprint density at radius 3 is 2.12 bits per heavy atom. The van der Waals surface area contributed by atoms with Crippen LogP contribution in [0, 0.1) is 0 Å². The highest BCUT2D eigenvalue weighted by Crippen LogP contribution is 2.34. The van der Waals surface area contributed by atoms with E-state index in [4.69, 9.17) is 9.11 Å². The second-order valence-corrected chi connectivity index (χ2v) is 11.3. The zero-order valence-corrected chi connectivity index (χ0v) is 18.9. The van der Waals surface area contributed by atoms with Crippen molar-refractivity contribution in [3.63, 3.8) is 0 Å². The summed E-state index contributed by atoms with van der Waals surface area (Å²) in [4.78, 5) is -0.773. The summed E-state index contributed by atoms with van der Waals surface area (Å²) in [5.74, 6) is -1.53. The second-order valence-electron chi connectivity index (χ2n) is 6.73. The predicted molar refractivity (Wildman–Crippen MR) is 116 cm³/mol. The standard InChI is InChI=1S/C18H17NO11S3/c20-17-4-3-13(31(22,23)6-5-30-33(27,28)29)9-16(17)19-12-2-1-11-7-14(32(24,25)26)10-18(21)15(11)8-12/h1-4,7-10,19-21H,5-6H2,(H,24,25,26)(H,27,28,29). The Kier molecular flexibility index (Phi) is 6.56. The van der Waals surface area contributed by atoms with Crippen molar-refractivity contribution in [2.75, 3.05) is 17.7 Å². The van der Waals surface area contributed by atoms with Gasteiger partial charge in [0.1, 0.15) is 11.5 Å². The van der Waals surface area contributed by atoms with E-state index in [1.165, 1.54) is 18.2 Å². The van der Waals surface area contributed by atoms with Crippen molar-refractivity contribution in [1.29, 1.82) is 0 Å². The zero-order valence-electron chi connectivity index (χ0n) is 16.4. The number of hydrogen-bond acceptors (Lipinski definition) is 10. The van der Waals surface area contributed by atoms with Crippen molar-refractivity contribution in [2.45, 2.75) is 9.79 Å². The van der Waals surface area contributed by atoms with Crippen molar-refractivity contribution < 1.29 is 48.8 Å². The van der Waals surface area contributed by atoms with Gasteiger partial charge in [-0.3, -0.25) is 9.11 Å². The van der Waals surface area contributed by atoms with Crippen molar-refractivity contribution in [3.8, 4) is 11.5 Å². The third-order valence-corrected chi connectivity index (χ3v) is 7.37. The maximum atomic E-state index is 12.4. The minimum atomic E-state index is -4.80. The fourth-order valence-electron chi connectivity index (χ4n) is 2.87. The predicted octanol–water partition coefficient (Wildman–Crippen LogP) is 1.83. The van der Waals surface area contributed by atoms with Gasteiger partial charge in [-0.05, 0) is 41.8 Å². The molecule has 0 saturated carbocycles. The van der Waals surface area contributed by atoms with E-state index >= 15 is 0 Å². The molecule has 12 nitrogen and oxygen atoms in total. The Labute approximate surface area is 188 Å². The van der Waals surface area contributed by atoms with Crippen LogP contribution >= 0.6 is 0 Å². The number of hydrogen-bond donors (Lipinski definition) is 5. The summed E-state index contributed by atoms with van der Waals surface area (Å²) in [6.45, 7) is -0.819. The lowest BCUT2D eigenvalue weighted by molar-refractivity contribution is 0.284. The normalized spacial score (nSPS) is 12.7. The largest absolute Gasteiger partial charge is 0.507 e. The molecule has 0 bridgehead atoms. The van der Waals surface area contributed by atoms with E-state index in [0.29, 0.717) is 0 Å². The topological polar surface area (TPSA) is 205 Å². The molecule has 15 heteroatoms. The lowest BCUT2D eigenvalue weighted by atomic mass is 10.1. The molecule has 0 amide bonds. The Hall–Kier alpha value is -2.95. The molecule has 3 rings (SSSR count). The quantitative estimate of drug-likeness (QED) is 0.213. The molecule has 33 heavy (non-hydrogen) atoms. The van der Waals surface area contributed by atoms with Crippen LogP contribution in [0.1, 0.15) is 0 Å². The number of aromatic hydroxyl groups is 2. The van der Waals surface area contributed by atoms with E-state index in [1.54, 1.807) is 0 Å². The molecular weight excluding hydrogens is 502 g/mol. The van der Waals surface area contributed by atoms with Crippen LogP contribution in [-0.2, 0) is 34.5 Å². The molecule has 0 aliphatic heterocycles. The molecule has 0 unspecified atom stereocenters. The van der Waals surface area contributed by atoms with E-state index in [1.807, 2.05) is 0 Å². The van der Waals surface area contributed by atoms with E-state index in [0.717, 1.165) is 30.3 Å². The number of phenolic OH excluding ortho intramolecular Hbond substituents is 2. The summed E-state index contributed by atoms with van der Waals surface area (Å²) in [5, 5.41) is 23.5. The molecule has 5 N–H and O–H groups in total. The second kappa shape index (κ2) is 8.77. The van der Waals surface area contributed by atoms with Crippen molar-refractivity contribution in [1.82, 2.24) is 0 Å². The van der Waals surface area contributed by atoms with Gasteiger partial charge in [-0.2, -0.15) is 16.8 Å². The van der Waals surface area contributed by atoms with Gasteiger partial charge >= 0.3 is 10.4 Å². The van der Waals surface area contributed by atoms with Gasteiger partial charge in [0.2, 0.25) is 0 Å². The van der Waals surface area contributed by atoms with Crippen molar-refractivity contribution in [3.05, 3.63) is 48.5 Å². The zero-order chi connectivity index (χ0) is 24.6. The van der Waals surface area contributed by atoms with E-state index in [9.17, 15) is 35.5 Å². The van der Waals surface area contributed by atoms with Crippen LogP contribution in [-0.4, -0.2) is 56.9 Å². The molecule has 0 aromatic heterocycles. The van der Waals surface area contributed by atoms with Gasteiger partial charge in [0, 0.05) is 17.1 Å².